The summed E-state index contributed by atoms with van der Waals surface area (Å²) in [6.45, 7) is 0.757. The summed E-state index contributed by atoms with van der Waals surface area (Å²) >= 11 is 0. The normalized spacial score (nSPS) is 18.6. The van der Waals surface area contributed by atoms with E-state index in [1.165, 1.54) is 0 Å². The Balaban J connectivity index is 2.19. The van der Waals surface area contributed by atoms with Crippen LogP contribution in [-0.2, 0) is 4.79 Å². The molecule has 0 unspecified atom stereocenters. The van der Waals surface area contributed by atoms with Crippen LogP contribution in [0.3, 0.4) is 0 Å². The first kappa shape index (κ1) is 9.42. The summed E-state index contributed by atoms with van der Waals surface area (Å²) in [6, 6.07) is 0.153. The number of nitrogens with one attached hydrogen (secondary N) is 1. The van der Waals surface area contributed by atoms with Gasteiger partial charge in [0.15, 0.2) is 0 Å². The summed E-state index contributed by atoms with van der Waals surface area (Å²) in [6.07, 6.45) is 2.26. The molecule has 0 atom stereocenters. The Morgan fingerprint density at radius 2 is 2.17 bits per heavy atom. The second-order valence-electron chi connectivity index (χ2n) is 3.44. The van der Waals surface area contributed by atoms with E-state index in [1.807, 2.05) is 0 Å². The third-order valence-corrected chi connectivity index (χ3v) is 1.94. The number of alkyl halides is 2. The number of carbonyl (C=O) groups is 1. The number of hydrogen-bond acceptors (Lipinski definition) is 1. The van der Waals surface area contributed by atoms with Crippen LogP contribution in [0.5, 0.6) is 0 Å². The second-order valence-corrected chi connectivity index (χ2v) is 3.44. The van der Waals surface area contributed by atoms with Crippen LogP contribution >= 0.6 is 0 Å². The van der Waals surface area contributed by atoms with Gasteiger partial charge in [-0.05, 0) is 26.2 Å². The fraction of sp³-hybridized carbons (Fsp3) is 0.875. The highest BCUT2D eigenvalue weighted by molar-refractivity contribution is 5.77. The fourth-order valence-corrected chi connectivity index (χ4v) is 1.11. The zero-order chi connectivity index (χ0) is 9.19. The average Bonchev–Trinajstić information content (AvgIpc) is 1.74. The molecule has 1 saturated carbocycles. The van der Waals surface area contributed by atoms with E-state index in [0.29, 0.717) is 0 Å². The molecular formula is C8H13F2NO. The molecule has 2 nitrogen and oxygen atoms in total. The third kappa shape index (κ3) is 3.15. The lowest BCUT2D eigenvalue weighted by atomic mass is 9.93. The van der Waals surface area contributed by atoms with Crippen molar-refractivity contribution < 1.29 is 13.6 Å². The van der Waals surface area contributed by atoms with Gasteiger partial charge < -0.3 is 5.32 Å². The highest BCUT2D eigenvalue weighted by Crippen LogP contribution is 2.20. The van der Waals surface area contributed by atoms with Gasteiger partial charge in [0.1, 0.15) is 0 Å². The summed E-state index contributed by atoms with van der Waals surface area (Å²) in [5.41, 5.74) is 0. The highest BCUT2D eigenvalue weighted by atomic mass is 19.3. The van der Waals surface area contributed by atoms with Crippen LogP contribution in [0.1, 0.15) is 32.6 Å². The van der Waals surface area contributed by atoms with Crippen LogP contribution in [0.4, 0.5) is 8.78 Å². The summed E-state index contributed by atoms with van der Waals surface area (Å²) in [7, 11) is 0. The molecule has 0 aromatic heterocycles. The molecule has 0 heterocycles. The molecule has 1 aliphatic carbocycles. The summed E-state index contributed by atoms with van der Waals surface area (Å²) in [5.74, 6) is -3.42. The molecular weight excluding hydrogens is 164 g/mol. The van der Waals surface area contributed by atoms with Crippen molar-refractivity contribution >= 4 is 5.91 Å². The molecule has 1 amide bonds. The molecule has 0 aromatic rings. The molecule has 1 N–H and O–H groups in total. The first-order valence-electron chi connectivity index (χ1n) is 4.14. The standard InChI is InChI=1S/C8H13F2NO/c1-8(9,10)5-7(12)11-6-3-2-4-6/h6H,2-5H2,1H3,(H,11,12). The highest BCUT2D eigenvalue weighted by Gasteiger charge is 2.27. The SMILES string of the molecule is CC(F)(F)CC(=O)NC1CCC1. The lowest BCUT2D eigenvalue weighted by Crippen LogP contribution is -2.41. The van der Waals surface area contributed by atoms with E-state index in [0.717, 1.165) is 26.2 Å². The Labute approximate surface area is 70.3 Å². The van der Waals surface area contributed by atoms with E-state index in [4.69, 9.17) is 0 Å². The molecule has 12 heavy (non-hydrogen) atoms. The summed E-state index contributed by atoms with van der Waals surface area (Å²) < 4.78 is 24.6. The minimum absolute atomic E-state index is 0.153. The lowest BCUT2D eigenvalue weighted by molar-refractivity contribution is -0.128. The molecule has 0 bridgehead atoms. The van der Waals surface area contributed by atoms with Gasteiger partial charge in [-0.25, -0.2) is 8.78 Å². The second kappa shape index (κ2) is 3.37. The quantitative estimate of drug-likeness (QED) is 0.698. The molecule has 4 heteroatoms. The van der Waals surface area contributed by atoms with Crippen molar-refractivity contribution in [1.82, 2.24) is 5.32 Å². The predicted molar refractivity (Wildman–Crippen MR) is 41.0 cm³/mol. The Morgan fingerprint density at radius 1 is 1.58 bits per heavy atom. The van der Waals surface area contributed by atoms with Gasteiger partial charge in [0.2, 0.25) is 5.91 Å². The first-order chi connectivity index (χ1) is 5.47. The van der Waals surface area contributed by atoms with Crippen LogP contribution in [0, 0.1) is 0 Å². The lowest BCUT2D eigenvalue weighted by Gasteiger charge is -2.26. The van der Waals surface area contributed by atoms with Crippen molar-refractivity contribution in [2.75, 3.05) is 0 Å². The summed E-state index contributed by atoms with van der Waals surface area (Å²) in [4.78, 5) is 10.9. The Kier molecular flexibility index (Phi) is 2.65. The van der Waals surface area contributed by atoms with Gasteiger partial charge >= 0.3 is 0 Å². The van der Waals surface area contributed by atoms with Crippen LogP contribution < -0.4 is 5.32 Å². The van der Waals surface area contributed by atoms with Crippen molar-refractivity contribution in [2.45, 2.75) is 44.6 Å². The third-order valence-electron chi connectivity index (χ3n) is 1.94. The van der Waals surface area contributed by atoms with Crippen LogP contribution in [0.25, 0.3) is 0 Å². The molecule has 0 aromatic carbocycles. The van der Waals surface area contributed by atoms with Crippen molar-refractivity contribution in [2.24, 2.45) is 0 Å². The van der Waals surface area contributed by atoms with Crippen LogP contribution in [0.15, 0.2) is 0 Å². The number of rotatable bonds is 3. The molecule has 1 fully saturated rings. The molecule has 1 rings (SSSR count). The molecule has 0 aliphatic heterocycles. The Hall–Kier alpha value is -0.670. The maximum atomic E-state index is 12.3. The fourth-order valence-electron chi connectivity index (χ4n) is 1.11. The largest absolute Gasteiger partial charge is 0.353 e. The predicted octanol–water partition coefficient (Wildman–Crippen LogP) is 1.70. The van der Waals surface area contributed by atoms with Crippen molar-refractivity contribution in [3.05, 3.63) is 0 Å². The van der Waals surface area contributed by atoms with E-state index in [1.54, 1.807) is 0 Å². The van der Waals surface area contributed by atoms with Gasteiger partial charge in [-0.2, -0.15) is 0 Å². The topological polar surface area (TPSA) is 29.1 Å². The molecule has 0 saturated heterocycles. The average molecular weight is 177 g/mol. The number of hydrogen-bond donors (Lipinski definition) is 1. The van der Waals surface area contributed by atoms with Gasteiger partial charge in [-0.1, -0.05) is 0 Å². The van der Waals surface area contributed by atoms with Gasteiger partial charge in [0.05, 0.1) is 6.42 Å². The summed E-state index contributed by atoms with van der Waals surface area (Å²) in [5, 5.41) is 2.55. The maximum Gasteiger partial charge on any atom is 0.254 e. The monoisotopic (exact) mass is 177 g/mol. The zero-order valence-electron chi connectivity index (χ0n) is 7.07. The minimum atomic E-state index is -2.88. The molecule has 1 aliphatic rings. The van der Waals surface area contributed by atoms with E-state index < -0.39 is 18.3 Å². The van der Waals surface area contributed by atoms with E-state index in [9.17, 15) is 13.6 Å². The van der Waals surface area contributed by atoms with Gasteiger partial charge in [-0.3, -0.25) is 4.79 Å². The van der Waals surface area contributed by atoms with E-state index in [-0.39, 0.29) is 6.04 Å². The Morgan fingerprint density at radius 3 is 2.50 bits per heavy atom. The Bertz CT molecular complexity index is 172. The molecule has 0 radical (unpaired) electrons. The number of halogens is 2. The van der Waals surface area contributed by atoms with Crippen LogP contribution in [0.2, 0.25) is 0 Å². The van der Waals surface area contributed by atoms with Crippen molar-refractivity contribution in [3.8, 4) is 0 Å². The van der Waals surface area contributed by atoms with Gasteiger partial charge in [-0.15, -0.1) is 0 Å². The van der Waals surface area contributed by atoms with E-state index in [2.05, 4.69) is 5.32 Å². The number of amides is 1. The molecule has 70 valence electrons. The smallest absolute Gasteiger partial charge is 0.254 e. The minimum Gasteiger partial charge on any atom is -0.353 e. The molecule has 0 spiro atoms. The number of carbonyl (C=O) groups excluding carboxylic acids is 1. The van der Waals surface area contributed by atoms with E-state index >= 15 is 0 Å². The van der Waals surface area contributed by atoms with Gasteiger partial charge in [0, 0.05) is 6.04 Å². The maximum absolute atomic E-state index is 12.3. The van der Waals surface area contributed by atoms with Crippen molar-refractivity contribution in [3.63, 3.8) is 0 Å². The van der Waals surface area contributed by atoms with Gasteiger partial charge in [0.25, 0.3) is 5.92 Å². The zero-order valence-corrected chi connectivity index (χ0v) is 7.07. The van der Waals surface area contributed by atoms with Crippen LogP contribution in [-0.4, -0.2) is 17.9 Å². The first-order valence-corrected chi connectivity index (χ1v) is 4.14. The van der Waals surface area contributed by atoms with Crippen molar-refractivity contribution in [1.29, 1.82) is 0 Å².